The fourth-order valence-electron chi connectivity index (χ4n) is 3.03. The van der Waals surface area contributed by atoms with Crippen LogP contribution in [0.4, 0.5) is 0 Å². The maximum Gasteiger partial charge on any atom is 0.0621 e. The van der Waals surface area contributed by atoms with Gasteiger partial charge in [-0.1, -0.05) is 13.8 Å². The molecule has 0 aromatic rings. The number of hydrogen-bond donors (Lipinski definition) is 1. The van der Waals surface area contributed by atoms with Crippen molar-refractivity contribution < 1.29 is 5.11 Å². The maximum atomic E-state index is 9.63. The molecule has 0 bridgehead atoms. The van der Waals surface area contributed by atoms with Crippen molar-refractivity contribution in [2.45, 2.75) is 45.3 Å². The van der Waals surface area contributed by atoms with E-state index in [0.29, 0.717) is 6.04 Å². The molecule has 2 nitrogen and oxygen atoms in total. The van der Waals surface area contributed by atoms with Gasteiger partial charge in [-0.3, -0.25) is 4.90 Å². The first-order chi connectivity index (χ1) is 6.04. The highest BCUT2D eigenvalue weighted by Gasteiger charge is 2.59. The van der Waals surface area contributed by atoms with Crippen LogP contribution in [0.25, 0.3) is 0 Å². The number of nitrogens with zero attached hydrogens (tertiary/aromatic N) is 1. The Labute approximate surface area is 79.9 Å². The van der Waals surface area contributed by atoms with Gasteiger partial charge in [0.15, 0.2) is 0 Å². The van der Waals surface area contributed by atoms with Gasteiger partial charge in [0.05, 0.1) is 6.10 Å². The zero-order chi connectivity index (χ0) is 9.27. The second-order valence-electron chi connectivity index (χ2n) is 5.99. The maximum absolute atomic E-state index is 9.63. The molecule has 2 aliphatic carbocycles. The van der Waals surface area contributed by atoms with Crippen LogP contribution in [-0.2, 0) is 0 Å². The van der Waals surface area contributed by atoms with Gasteiger partial charge < -0.3 is 5.11 Å². The molecule has 3 aliphatic rings. The van der Waals surface area contributed by atoms with Gasteiger partial charge in [0, 0.05) is 24.5 Å². The summed E-state index contributed by atoms with van der Waals surface area (Å²) in [4.78, 5) is 2.58. The van der Waals surface area contributed by atoms with Crippen molar-refractivity contribution in [2.75, 3.05) is 13.1 Å². The quantitative estimate of drug-likeness (QED) is 0.658. The third kappa shape index (κ3) is 0.962. The van der Waals surface area contributed by atoms with Crippen LogP contribution in [0, 0.1) is 10.8 Å². The molecule has 1 N–H and O–H groups in total. The van der Waals surface area contributed by atoms with Crippen molar-refractivity contribution in [3.8, 4) is 0 Å². The van der Waals surface area contributed by atoms with E-state index in [1.807, 2.05) is 0 Å². The van der Waals surface area contributed by atoms with E-state index in [2.05, 4.69) is 18.7 Å². The fourth-order valence-corrected chi connectivity index (χ4v) is 3.03. The highest BCUT2D eigenvalue weighted by molar-refractivity contribution is 5.12. The second kappa shape index (κ2) is 2.12. The molecule has 0 amide bonds. The third-order valence-corrected chi connectivity index (χ3v) is 4.64. The zero-order valence-corrected chi connectivity index (χ0v) is 8.58. The van der Waals surface area contributed by atoms with Gasteiger partial charge >= 0.3 is 0 Å². The lowest BCUT2D eigenvalue weighted by Gasteiger charge is -2.59. The summed E-state index contributed by atoms with van der Waals surface area (Å²) < 4.78 is 0. The lowest BCUT2D eigenvalue weighted by molar-refractivity contribution is -0.151. The molecule has 2 saturated carbocycles. The average molecular weight is 181 g/mol. The summed E-state index contributed by atoms with van der Waals surface area (Å²) in [5, 5.41) is 9.63. The Bertz CT molecular complexity index is 236. The Morgan fingerprint density at radius 2 is 1.85 bits per heavy atom. The highest BCUT2D eigenvalue weighted by atomic mass is 16.3. The Balaban J connectivity index is 1.63. The van der Waals surface area contributed by atoms with Gasteiger partial charge in [-0.15, -0.1) is 0 Å². The molecular formula is C11H19NO. The summed E-state index contributed by atoms with van der Waals surface area (Å²) in [5.74, 6) is 0. The molecular weight excluding hydrogens is 162 g/mol. The number of aliphatic hydroxyl groups excluding tert-OH is 1. The molecule has 1 aliphatic heterocycles. The minimum atomic E-state index is -0.0618. The van der Waals surface area contributed by atoms with Crippen LogP contribution in [0.2, 0.25) is 0 Å². The van der Waals surface area contributed by atoms with Gasteiger partial charge in [0.1, 0.15) is 0 Å². The van der Waals surface area contributed by atoms with E-state index in [-0.39, 0.29) is 11.5 Å². The van der Waals surface area contributed by atoms with Crippen LogP contribution >= 0.6 is 0 Å². The van der Waals surface area contributed by atoms with Gasteiger partial charge in [-0.25, -0.2) is 0 Å². The smallest absolute Gasteiger partial charge is 0.0621 e. The summed E-state index contributed by atoms with van der Waals surface area (Å²) in [6.45, 7) is 7.02. The molecule has 74 valence electrons. The summed E-state index contributed by atoms with van der Waals surface area (Å²) in [6, 6.07) is 0.661. The van der Waals surface area contributed by atoms with E-state index in [4.69, 9.17) is 0 Å². The Hall–Kier alpha value is -0.0800. The van der Waals surface area contributed by atoms with Crippen molar-refractivity contribution in [1.29, 1.82) is 0 Å². The van der Waals surface area contributed by atoms with Crippen molar-refractivity contribution in [3.63, 3.8) is 0 Å². The number of rotatable bonds is 1. The molecule has 2 unspecified atom stereocenters. The van der Waals surface area contributed by atoms with Crippen LogP contribution in [0.15, 0.2) is 0 Å². The summed E-state index contributed by atoms with van der Waals surface area (Å²) in [7, 11) is 0. The largest absolute Gasteiger partial charge is 0.392 e. The zero-order valence-electron chi connectivity index (χ0n) is 8.58. The first-order valence-electron chi connectivity index (χ1n) is 5.46. The van der Waals surface area contributed by atoms with E-state index < -0.39 is 0 Å². The molecule has 13 heavy (non-hydrogen) atoms. The molecule has 3 fully saturated rings. The van der Waals surface area contributed by atoms with Crippen LogP contribution in [-0.4, -0.2) is 35.2 Å². The lowest BCUT2D eigenvalue weighted by atomic mass is 9.62. The van der Waals surface area contributed by atoms with Gasteiger partial charge in [-0.2, -0.15) is 0 Å². The predicted molar refractivity (Wildman–Crippen MR) is 51.4 cm³/mol. The number of hydrogen-bond acceptors (Lipinski definition) is 2. The van der Waals surface area contributed by atoms with Crippen LogP contribution in [0.5, 0.6) is 0 Å². The van der Waals surface area contributed by atoms with Crippen LogP contribution < -0.4 is 0 Å². The van der Waals surface area contributed by atoms with Gasteiger partial charge in [-0.05, 0) is 24.7 Å². The van der Waals surface area contributed by atoms with Crippen molar-refractivity contribution >= 4 is 0 Å². The average Bonchev–Trinajstić information content (AvgIpc) is 2.77. The van der Waals surface area contributed by atoms with E-state index in [1.54, 1.807) is 0 Å². The van der Waals surface area contributed by atoms with Crippen molar-refractivity contribution in [2.24, 2.45) is 10.8 Å². The molecule has 2 atom stereocenters. The standard InChI is InChI=1S/C11H19NO/c1-10(2)8(5-9(10)13)12-6-11(7-12)3-4-11/h8-9,13H,3-7H2,1-2H3. The van der Waals surface area contributed by atoms with Gasteiger partial charge in [0.2, 0.25) is 0 Å². The van der Waals surface area contributed by atoms with Crippen LogP contribution in [0.3, 0.4) is 0 Å². The minimum absolute atomic E-state index is 0.0618. The molecule has 1 saturated heterocycles. The predicted octanol–water partition coefficient (Wildman–Crippen LogP) is 1.24. The van der Waals surface area contributed by atoms with E-state index >= 15 is 0 Å². The SMILES string of the molecule is CC1(C)C(O)CC1N1CC2(CC2)C1. The topological polar surface area (TPSA) is 23.5 Å². The lowest BCUT2D eigenvalue weighted by Crippen LogP contribution is -2.67. The molecule has 0 aromatic carbocycles. The minimum Gasteiger partial charge on any atom is -0.392 e. The summed E-state index contributed by atoms with van der Waals surface area (Å²) in [6.07, 6.45) is 3.86. The molecule has 2 heteroatoms. The molecule has 0 radical (unpaired) electrons. The first kappa shape index (κ1) is 8.25. The molecule has 1 spiro atoms. The monoisotopic (exact) mass is 181 g/mol. The molecule has 1 heterocycles. The van der Waals surface area contributed by atoms with E-state index in [1.165, 1.54) is 25.9 Å². The second-order valence-corrected chi connectivity index (χ2v) is 5.99. The Morgan fingerprint density at radius 1 is 1.23 bits per heavy atom. The summed E-state index contributed by atoms with van der Waals surface area (Å²) in [5.41, 5.74) is 0.910. The first-order valence-corrected chi connectivity index (χ1v) is 5.46. The molecule has 0 aromatic heterocycles. The van der Waals surface area contributed by atoms with E-state index in [9.17, 15) is 5.11 Å². The van der Waals surface area contributed by atoms with Crippen LogP contribution in [0.1, 0.15) is 33.1 Å². The third-order valence-electron chi connectivity index (χ3n) is 4.64. The Morgan fingerprint density at radius 3 is 2.23 bits per heavy atom. The van der Waals surface area contributed by atoms with Crippen molar-refractivity contribution in [3.05, 3.63) is 0 Å². The summed E-state index contributed by atoms with van der Waals surface area (Å²) >= 11 is 0. The highest BCUT2D eigenvalue weighted by Crippen LogP contribution is 2.57. The Kier molecular flexibility index (Phi) is 1.34. The van der Waals surface area contributed by atoms with E-state index in [0.717, 1.165) is 11.8 Å². The fraction of sp³-hybridized carbons (Fsp3) is 1.00. The van der Waals surface area contributed by atoms with Crippen molar-refractivity contribution in [1.82, 2.24) is 4.90 Å². The number of likely N-dealkylation sites (tertiary alicyclic amines) is 1. The molecule has 3 rings (SSSR count). The normalized spacial score (nSPS) is 45.5. The number of aliphatic hydroxyl groups is 1. The van der Waals surface area contributed by atoms with Gasteiger partial charge in [0.25, 0.3) is 0 Å².